The second-order valence-corrected chi connectivity index (χ2v) is 6.40. The molecule has 122 valence electrons. The van der Waals surface area contributed by atoms with Crippen LogP contribution in [0.5, 0.6) is 0 Å². The summed E-state index contributed by atoms with van der Waals surface area (Å²) in [5.41, 5.74) is 1.65. The highest BCUT2D eigenvalue weighted by atomic mass is 16.5. The van der Waals surface area contributed by atoms with E-state index in [-0.39, 0.29) is 11.9 Å². The van der Waals surface area contributed by atoms with Crippen molar-refractivity contribution < 1.29 is 9.32 Å². The number of likely N-dealkylation sites (tertiary alicyclic amines) is 1. The van der Waals surface area contributed by atoms with Gasteiger partial charge in [0.25, 0.3) is 5.91 Å². The number of carbonyl (C=O) groups excluding carboxylic acids is 1. The largest absolute Gasteiger partial charge is 0.361 e. The Balaban J connectivity index is 1.84. The van der Waals surface area contributed by atoms with Gasteiger partial charge in [0.2, 0.25) is 0 Å². The van der Waals surface area contributed by atoms with Crippen LogP contribution in [0.4, 0.5) is 0 Å². The molecule has 1 saturated heterocycles. The third kappa shape index (κ3) is 3.29. The maximum Gasteiger partial charge on any atom is 0.276 e. The number of benzene rings is 1. The highest BCUT2D eigenvalue weighted by molar-refractivity contribution is 5.92. The molecule has 1 fully saturated rings. The minimum atomic E-state index is -0.0351. The number of aryl methyl sites for hydroxylation is 1. The summed E-state index contributed by atoms with van der Waals surface area (Å²) in [6.07, 6.45) is 1.83. The van der Waals surface area contributed by atoms with Gasteiger partial charge in [-0.3, -0.25) is 4.79 Å². The van der Waals surface area contributed by atoms with E-state index in [1.807, 2.05) is 23.1 Å². The quantitative estimate of drug-likeness (QED) is 0.869. The van der Waals surface area contributed by atoms with Crippen LogP contribution >= 0.6 is 0 Å². The van der Waals surface area contributed by atoms with Crippen molar-refractivity contribution >= 4 is 5.91 Å². The average Bonchev–Trinajstić information content (AvgIpc) is 3.14. The molecule has 1 aromatic heterocycles. The molecule has 0 aliphatic carbocycles. The van der Waals surface area contributed by atoms with Crippen LogP contribution in [-0.2, 0) is 6.42 Å². The normalized spacial score (nSPS) is 21.1. The zero-order chi connectivity index (χ0) is 16.4. The molecule has 2 atom stereocenters. The highest BCUT2D eigenvalue weighted by Gasteiger charge is 2.39. The second-order valence-electron chi connectivity index (χ2n) is 6.40. The summed E-state index contributed by atoms with van der Waals surface area (Å²) in [5.74, 6) is 0.628. The molecule has 0 unspecified atom stereocenters. The van der Waals surface area contributed by atoms with Crippen molar-refractivity contribution in [2.45, 2.75) is 31.8 Å². The third-order valence-corrected chi connectivity index (χ3v) is 4.57. The molecule has 0 radical (unpaired) electrons. The molecule has 1 aliphatic rings. The number of likely N-dealkylation sites (N-methyl/N-ethyl adjacent to an activating group) is 1. The van der Waals surface area contributed by atoms with E-state index < -0.39 is 0 Å². The van der Waals surface area contributed by atoms with E-state index in [1.54, 1.807) is 13.0 Å². The lowest BCUT2D eigenvalue weighted by Gasteiger charge is -2.31. The molecule has 0 saturated carbocycles. The van der Waals surface area contributed by atoms with E-state index in [0.29, 0.717) is 17.5 Å². The lowest BCUT2D eigenvalue weighted by atomic mass is 9.99. The van der Waals surface area contributed by atoms with Gasteiger partial charge in [0.1, 0.15) is 5.76 Å². The lowest BCUT2D eigenvalue weighted by Crippen LogP contribution is -2.45. The van der Waals surface area contributed by atoms with Crippen LogP contribution in [0.25, 0.3) is 0 Å². The van der Waals surface area contributed by atoms with Crippen molar-refractivity contribution in [1.82, 2.24) is 15.0 Å². The molecule has 0 bridgehead atoms. The van der Waals surface area contributed by atoms with E-state index in [1.165, 1.54) is 5.56 Å². The van der Waals surface area contributed by atoms with Crippen molar-refractivity contribution in [3.63, 3.8) is 0 Å². The first-order valence-electron chi connectivity index (χ1n) is 8.01. The van der Waals surface area contributed by atoms with Crippen molar-refractivity contribution in [2.24, 2.45) is 0 Å². The van der Waals surface area contributed by atoms with Crippen LogP contribution in [0.2, 0.25) is 0 Å². The summed E-state index contributed by atoms with van der Waals surface area (Å²) in [6, 6.07) is 12.6. The molecule has 1 aromatic carbocycles. The molecule has 2 heterocycles. The first-order valence-corrected chi connectivity index (χ1v) is 8.01. The topological polar surface area (TPSA) is 49.6 Å². The molecular weight excluding hydrogens is 290 g/mol. The van der Waals surface area contributed by atoms with Gasteiger partial charge >= 0.3 is 0 Å². The van der Waals surface area contributed by atoms with Crippen LogP contribution in [0.3, 0.4) is 0 Å². The number of carbonyl (C=O) groups is 1. The van der Waals surface area contributed by atoms with Crippen molar-refractivity contribution in [1.29, 1.82) is 0 Å². The van der Waals surface area contributed by atoms with Crippen LogP contribution in [-0.4, -0.2) is 53.6 Å². The summed E-state index contributed by atoms with van der Waals surface area (Å²) in [4.78, 5) is 17.0. The number of amides is 1. The van der Waals surface area contributed by atoms with Crippen molar-refractivity contribution in [3.05, 3.63) is 53.4 Å². The summed E-state index contributed by atoms with van der Waals surface area (Å²) in [5, 5.41) is 3.89. The predicted octanol–water partition coefficient (Wildman–Crippen LogP) is 2.37. The molecular formula is C18H23N3O2. The summed E-state index contributed by atoms with van der Waals surface area (Å²) in [7, 11) is 4.16. The molecule has 0 spiro atoms. The standard InChI is InChI=1S/C18H23N3O2/c1-13-11-15(19-23-13)18(22)21-10-9-16(20(2)3)17(21)12-14-7-5-4-6-8-14/h4-8,11,16-17H,9-10,12H2,1-3H3/t16-,17+/m1/s1. The Morgan fingerprint density at radius 3 is 2.70 bits per heavy atom. The first kappa shape index (κ1) is 15.7. The SMILES string of the molecule is Cc1cc(C(=O)N2CC[C@@H](N(C)C)[C@@H]2Cc2ccccc2)no1. The smallest absolute Gasteiger partial charge is 0.276 e. The van der Waals surface area contributed by atoms with Crippen LogP contribution < -0.4 is 0 Å². The van der Waals surface area contributed by atoms with Gasteiger partial charge in [-0.25, -0.2) is 0 Å². The first-order chi connectivity index (χ1) is 11.1. The zero-order valence-corrected chi connectivity index (χ0v) is 13.9. The van der Waals surface area contributed by atoms with Gasteiger partial charge in [0.05, 0.1) is 6.04 Å². The van der Waals surface area contributed by atoms with Gasteiger partial charge in [-0.15, -0.1) is 0 Å². The fourth-order valence-corrected chi connectivity index (χ4v) is 3.41. The Labute approximate surface area is 136 Å². The van der Waals surface area contributed by atoms with E-state index in [9.17, 15) is 4.79 Å². The van der Waals surface area contributed by atoms with Crippen LogP contribution in [0, 0.1) is 6.92 Å². The number of hydrogen-bond donors (Lipinski definition) is 0. The monoisotopic (exact) mass is 313 g/mol. The van der Waals surface area contributed by atoms with Gasteiger partial charge in [-0.05, 0) is 39.4 Å². The number of rotatable bonds is 4. The second kappa shape index (κ2) is 6.54. The Hall–Kier alpha value is -2.14. The van der Waals surface area contributed by atoms with Crippen molar-refractivity contribution in [2.75, 3.05) is 20.6 Å². The minimum Gasteiger partial charge on any atom is -0.361 e. The maximum atomic E-state index is 12.8. The molecule has 1 amide bonds. The molecule has 23 heavy (non-hydrogen) atoms. The number of aromatic nitrogens is 1. The van der Waals surface area contributed by atoms with Gasteiger partial charge in [0.15, 0.2) is 5.69 Å². The summed E-state index contributed by atoms with van der Waals surface area (Å²) in [6.45, 7) is 2.56. The number of nitrogens with zero attached hydrogens (tertiary/aromatic N) is 3. The average molecular weight is 313 g/mol. The molecule has 3 rings (SSSR count). The number of hydrogen-bond acceptors (Lipinski definition) is 4. The fraction of sp³-hybridized carbons (Fsp3) is 0.444. The van der Waals surface area contributed by atoms with Gasteiger partial charge in [0, 0.05) is 18.7 Å². The fourth-order valence-electron chi connectivity index (χ4n) is 3.41. The van der Waals surface area contributed by atoms with Gasteiger partial charge in [-0.2, -0.15) is 0 Å². The lowest BCUT2D eigenvalue weighted by molar-refractivity contribution is 0.0694. The van der Waals surface area contributed by atoms with Crippen LogP contribution in [0.15, 0.2) is 40.9 Å². The van der Waals surface area contributed by atoms with Crippen molar-refractivity contribution in [3.8, 4) is 0 Å². The Kier molecular flexibility index (Phi) is 4.48. The zero-order valence-electron chi connectivity index (χ0n) is 13.9. The summed E-state index contributed by atoms with van der Waals surface area (Å²) < 4.78 is 5.07. The molecule has 5 heteroatoms. The van der Waals surface area contributed by atoms with Gasteiger partial charge < -0.3 is 14.3 Å². The minimum absolute atomic E-state index is 0.0351. The molecule has 1 aliphatic heterocycles. The predicted molar refractivity (Wildman–Crippen MR) is 88.3 cm³/mol. The molecule has 2 aromatic rings. The Bertz CT molecular complexity index is 666. The van der Waals surface area contributed by atoms with E-state index >= 15 is 0 Å². The molecule has 0 N–H and O–H groups in total. The van der Waals surface area contributed by atoms with E-state index in [4.69, 9.17) is 4.52 Å². The highest BCUT2D eigenvalue weighted by Crippen LogP contribution is 2.26. The van der Waals surface area contributed by atoms with Crippen LogP contribution in [0.1, 0.15) is 28.2 Å². The third-order valence-electron chi connectivity index (χ3n) is 4.57. The maximum absolute atomic E-state index is 12.8. The summed E-state index contributed by atoms with van der Waals surface area (Å²) >= 11 is 0. The Morgan fingerprint density at radius 2 is 2.09 bits per heavy atom. The Morgan fingerprint density at radius 1 is 1.35 bits per heavy atom. The van der Waals surface area contributed by atoms with E-state index in [2.05, 4.69) is 36.3 Å². The van der Waals surface area contributed by atoms with E-state index in [0.717, 1.165) is 19.4 Å². The van der Waals surface area contributed by atoms with Gasteiger partial charge in [-0.1, -0.05) is 35.5 Å². The molecule has 5 nitrogen and oxygen atoms in total.